The number of aromatic hydroxyl groups is 1. The van der Waals surface area contributed by atoms with Crippen molar-refractivity contribution in [1.29, 1.82) is 0 Å². The third kappa shape index (κ3) is 8.67. The fourth-order valence-corrected chi connectivity index (χ4v) is 3.25. The predicted octanol–water partition coefficient (Wildman–Crippen LogP) is 5.99. The van der Waals surface area contributed by atoms with E-state index < -0.39 is 23.1 Å². The number of rotatable bonds is 7. The van der Waals surface area contributed by atoms with E-state index in [1.807, 2.05) is 0 Å². The van der Waals surface area contributed by atoms with Crippen LogP contribution < -0.4 is 10.1 Å². The van der Waals surface area contributed by atoms with Gasteiger partial charge in [-0.05, 0) is 65.8 Å². The standard InChI is InChI=1S/C24H29Cl2NO6/c1-23(2,3)32-20(28)13-31-19-11-16(7-8-17(19)22(30)33-24(4,5)6)27-12-14-9-15(25)10-18(26)21(14)29/h7-11,27,29H,12-13H2,1-6H3. The van der Waals surface area contributed by atoms with E-state index in [9.17, 15) is 14.7 Å². The molecule has 0 saturated carbocycles. The molecule has 9 heteroatoms. The SMILES string of the molecule is CC(C)(C)OC(=O)COc1cc(NCc2cc(Cl)cc(Cl)c2O)ccc1C(=O)OC(C)(C)C. The van der Waals surface area contributed by atoms with Gasteiger partial charge in [0, 0.05) is 28.9 Å². The third-order valence-electron chi connectivity index (χ3n) is 3.96. The largest absolute Gasteiger partial charge is 0.506 e. The summed E-state index contributed by atoms with van der Waals surface area (Å²) in [5, 5.41) is 13.8. The van der Waals surface area contributed by atoms with E-state index in [4.69, 9.17) is 37.4 Å². The van der Waals surface area contributed by atoms with Crippen LogP contribution in [-0.2, 0) is 20.8 Å². The number of halogens is 2. The first-order valence-corrected chi connectivity index (χ1v) is 11.0. The zero-order valence-corrected chi connectivity index (χ0v) is 21.1. The molecular weight excluding hydrogens is 469 g/mol. The van der Waals surface area contributed by atoms with Crippen LogP contribution in [0.1, 0.15) is 57.5 Å². The number of phenolic OH excluding ortho intramolecular Hbond substituents is 1. The molecule has 0 saturated heterocycles. The Bertz CT molecular complexity index is 1020. The minimum absolute atomic E-state index is 0.0830. The van der Waals surface area contributed by atoms with E-state index in [0.29, 0.717) is 16.3 Å². The molecule has 0 spiro atoms. The molecule has 0 fully saturated rings. The second-order valence-electron chi connectivity index (χ2n) is 9.34. The van der Waals surface area contributed by atoms with E-state index >= 15 is 0 Å². The van der Waals surface area contributed by atoms with E-state index in [1.165, 1.54) is 12.1 Å². The minimum atomic E-state index is -0.709. The Morgan fingerprint density at radius 2 is 1.61 bits per heavy atom. The van der Waals surface area contributed by atoms with E-state index in [0.717, 1.165) is 0 Å². The lowest BCUT2D eigenvalue weighted by atomic mass is 10.1. The fourth-order valence-electron chi connectivity index (χ4n) is 2.71. The van der Waals surface area contributed by atoms with Gasteiger partial charge >= 0.3 is 11.9 Å². The van der Waals surface area contributed by atoms with Crippen molar-refractivity contribution in [3.63, 3.8) is 0 Å². The molecule has 0 heterocycles. The Hall–Kier alpha value is -2.64. The van der Waals surface area contributed by atoms with Crippen LogP contribution in [0.4, 0.5) is 5.69 Å². The summed E-state index contributed by atoms with van der Waals surface area (Å²) in [5.74, 6) is -1.10. The van der Waals surface area contributed by atoms with E-state index in [-0.39, 0.29) is 35.2 Å². The first kappa shape index (κ1) is 26.6. The van der Waals surface area contributed by atoms with Gasteiger partial charge in [-0.25, -0.2) is 9.59 Å². The zero-order chi connectivity index (χ0) is 25.0. The molecule has 0 bridgehead atoms. The number of hydrogen-bond donors (Lipinski definition) is 2. The number of benzene rings is 2. The second-order valence-corrected chi connectivity index (χ2v) is 10.2. The van der Waals surface area contributed by atoms with Crippen LogP contribution in [0, 0.1) is 0 Å². The maximum Gasteiger partial charge on any atom is 0.344 e. The van der Waals surface area contributed by atoms with Crippen LogP contribution in [-0.4, -0.2) is 34.9 Å². The monoisotopic (exact) mass is 497 g/mol. The molecule has 0 aliphatic heterocycles. The Morgan fingerprint density at radius 3 is 2.21 bits per heavy atom. The summed E-state index contributed by atoms with van der Waals surface area (Å²) in [7, 11) is 0. The van der Waals surface area contributed by atoms with Crippen molar-refractivity contribution in [3.05, 3.63) is 51.5 Å². The summed E-state index contributed by atoms with van der Waals surface area (Å²) in [6, 6.07) is 7.78. The highest BCUT2D eigenvalue weighted by atomic mass is 35.5. The van der Waals surface area contributed by atoms with Crippen molar-refractivity contribution in [2.45, 2.75) is 59.3 Å². The summed E-state index contributed by atoms with van der Waals surface area (Å²) in [6.07, 6.45) is 0. The molecule has 180 valence electrons. The van der Waals surface area contributed by atoms with Crippen molar-refractivity contribution in [1.82, 2.24) is 0 Å². The Morgan fingerprint density at radius 1 is 0.970 bits per heavy atom. The molecule has 0 unspecified atom stereocenters. The molecule has 0 amide bonds. The van der Waals surface area contributed by atoms with Gasteiger partial charge in [0.15, 0.2) is 6.61 Å². The maximum absolute atomic E-state index is 12.7. The Balaban J connectivity index is 2.26. The van der Waals surface area contributed by atoms with Crippen molar-refractivity contribution >= 4 is 40.8 Å². The first-order chi connectivity index (χ1) is 15.1. The normalized spacial score (nSPS) is 11.6. The minimum Gasteiger partial charge on any atom is -0.506 e. The summed E-state index contributed by atoms with van der Waals surface area (Å²) >= 11 is 12.0. The van der Waals surface area contributed by atoms with Crippen LogP contribution in [0.2, 0.25) is 10.0 Å². The predicted molar refractivity (Wildman–Crippen MR) is 128 cm³/mol. The fraction of sp³-hybridized carbons (Fsp3) is 0.417. The van der Waals surface area contributed by atoms with Gasteiger partial charge in [-0.3, -0.25) is 0 Å². The van der Waals surface area contributed by atoms with Crippen molar-refractivity contribution in [2.24, 2.45) is 0 Å². The van der Waals surface area contributed by atoms with Crippen LogP contribution in [0.25, 0.3) is 0 Å². The maximum atomic E-state index is 12.7. The molecule has 2 rings (SSSR count). The van der Waals surface area contributed by atoms with Gasteiger partial charge in [0.25, 0.3) is 0 Å². The number of anilines is 1. The molecule has 2 N–H and O–H groups in total. The lowest BCUT2D eigenvalue weighted by Gasteiger charge is -2.22. The zero-order valence-electron chi connectivity index (χ0n) is 19.5. The number of hydrogen-bond acceptors (Lipinski definition) is 7. The summed E-state index contributed by atoms with van der Waals surface area (Å²) in [5.41, 5.74) is -0.164. The van der Waals surface area contributed by atoms with Gasteiger partial charge in [0.05, 0.1) is 5.02 Å². The Kier molecular flexibility index (Phi) is 8.49. The molecule has 2 aromatic rings. The molecule has 0 aliphatic rings. The molecule has 0 aromatic heterocycles. The summed E-state index contributed by atoms with van der Waals surface area (Å²) in [6.45, 7) is 10.3. The number of carbonyl (C=O) groups excluding carboxylic acids is 2. The number of esters is 2. The van der Waals surface area contributed by atoms with E-state index in [1.54, 1.807) is 59.7 Å². The third-order valence-corrected chi connectivity index (χ3v) is 4.46. The molecule has 2 aromatic carbocycles. The first-order valence-electron chi connectivity index (χ1n) is 10.3. The summed E-state index contributed by atoms with van der Waals surface area (Å²) < 4.78 is 16.3. The lowest BCUT2D eigenvalue weighted by molar-refractivity contribution is -0.157. The highest BCUT2D eigenvalue weighted by molar-refractivity contribution is 6.35. The molecule has 0 aliphatic carbocycles. The number of carbonyl (C=O) groups is 2. The smallest absolute Gasteiger partial charge is 0.344 e. The van der Waals surface area contributed by atoms with Gasteiger partial charge in [-0.15, -0.1) is 0 Å². The number of ether oxygens (including phenoxy) is 3. The average molecular weight is 498 g/mol. The second kappa shape index (κ2) is 10.5. The highest BCUT2D eigenvalue weighted by Gasteiger charge is 2.23. The van der Waals surface area contributed by atoms with Crippen LogP contribution in [0.15, 0.2) is 30.3 Å². The van der Waals surface area contributed by atoms with Gasteiger partial charge in [0.1, 0.15) is 28.3 Å². The topological polar surface area (TPSA) is 94.1 Å². The number of nitrogens with one attached hydrogen (secondary N) is 1. The number of phenols is 1. The van der Waals surface area contributed by atoms with Crippen LogP contribution >= 0.6 is 23.2 Å². The highest BCUT2D eigenvalue weighted by Crippen LogP contribution is 2.32. The molecule has 7 nitrogen and oxygen atoms in total. The van der Waals surface area contributed by atoms with Crippen LogP contribution in [0.3, 0.4) is 0 Å². The van der Waals surface area contributed by atoms with Crippen molar-refractivity contribution < 1.29 is 28.9 Å². The van der Waals surface area contributed by atoms with Crippen LogP contribution in [0.5, 0.6) is 11.5 Å². The summed E-state index contributed by atoms with van der Waals surface area (Å²) in [4.78, 5) is 24.8. The van der Waals surface area contributed by atoms with Crippen molar-refractivity contribution in [3.8, 4) is 11.5 Å². The molecule has 33 heavy (non-hydrogen) atoms. The lowest BCUT2D eigenvalue weighted by Crippen LogP contribution is -2.28. The average Bonchev–Trinajstić information content (AvgIpc) is 2.65. The molecular formula is C24H29Cl2NO6. The van der Waals surface area contributed by atoms with Gasteiger partial charge in [-0.2, -0.15) is 0 Å². The molecule has 0 atom stereocenters. The van der Waals surface area contributed by atoms with Gasteiger partial charge in [0.2, 0.25) is 0 Å². The van der Waals surface area contributed by atoms with Gasteiger partial charge in [-0.1, -0.05) is 23.2 Å². The Labute approximate surface area is 203 Å². The molecule has 0 radical (unpaired) electrons. The van der Waals surface area contributed by atoms with E-state index in [2.05, 4.69) is 5.32 Å². The van der Waals surface area contributed by atoms with Gasteiger partial charge < -0.3 is 24.6 Å². The van der Waals surface area contributed by atoms with Crippen molar-refractivity contribution in [2.75, 3.05) is 11.9 Å². The quantitative estimate of drug-likeness (QED) is 0.453.